The Balaban J connectivity index is 2.66. The first kappa shape index (κ1) is 9.64. The van der Waals surface area contributed by atoms with E-state index in [1.165, 1.54) is 6.33 Å². The van der Waals surface area contributed by atoms with Crippen LogP contribution in [0.15, 0.2) is 18.6 Å². The number of carbonyl (C=O) groups is 1. The summed E-state index contributed by atoms with van der Waals surface area (Å²) < 4.78 is 0. The van der Waals surface area contributed by atoms with Gasteiger partial charge in [-0.25, -0.2) is 9.97 Å². The van der Waals surface area contributed by atoms with Gasteiger partial charge in [0.1, 0.15) is 12.1 Å². The van der Waals surface area contributed by atoms with Crippen molar-refractivity contribution in [3.63, 3.8) is 0 Å². The first-order chi connectivity index (χ1) is 6.00. The molecule has 13 heavy (non-hydrogen) atoms. The van der Waals surface area contributed by atoms with Crippen molar-refractivity contribution in [1.29, 1.82) is 0 Å². The number of hydrogen-bond acceptors (Lipinski definition) is 3. The van der Waals surface area contributed by atoms with Crippen LogP contribution in [0, 0.1) is 5.41 Å². The van der Waals surface area contributed by atoms with E-state index in [-0.39, 0.29) is 5.91 Å². The van der Waals surface area contributed by atoms with Crippen LogP contribution in [0.5, 0.6) is 0 Å². The smallest absolute Gasteiger partial charge is 0.230 e. The first-order valence-corrected chi connectivity index (χ1v) is 4.07. The number of anilines is 1. The number of amides is 1. The molecule has 1 amide bonds. The highest BCUT2D eigenvalue weighted by atomic mass is 16.2. The molecule has 0 aliphatic rings. The Bertz CT molecular complexity index is 289. The summed E-state index contributed by atoms with van der Waals surface area (Å²) in [7, 11) is 0. The summed E-state index contributed by atoms with van der Waals surface area (Å²) in [5.74, 6) is 0.487. The molecule has 0 bridgehead atoms. The van der Waals surface area contributed by atoms with Crippen LogP contribution in [0.25, 0.3) is 0 Å². The van der Waals surface area contributed by atoms with Gasteiger partial charge in [0, 0.05) is 11.6 Å². The average molecular weight is 179 g/mol. The van der Waals surface area contributed by atoms with Gasteiger partial charge < -0.3 is 5.32 Å². The van der Waals surface area contributed by atoms with Crippen molar-refractivity contribution in [3.8, 4) is 0 Å². The van der Waals surface area contributed by atoms with Gasteiger partial charge in [0.05, 0.1) is 0 Å². The number of nitrogens with one attached hydrogen (secondary N) is 1. The van der Waals surface area contributed by atoms with E-state index in [2.05, 4.69) is 15.3 Å². The summed E-state index contributed by atoms with van der Waals surface area (Å²) in [5, 5.41) is 2.69. The van der Waals surface area contributed by atoms with Crippen LogP contribution in [0.4, 0.5) is 5.82 Å². The molecule has 1 heterocycles. The Hall–Kier alpha value is -1.45. The number of carbonyl (C=O) groups excluding carboxylic acids is 1. The Labute approximate surface area is 77.4 Å². The monoisotopic (exact) mass is 179 g/mol. The zero-order valence-electron chi connectivity index (χ0n) is 8.03. The lowest BCUT2D eigenvalue weighted by Gasteiger charge is -2.16. The van der Waals surface area contributed by atoms with Crippen LogP contribution in [-0.2, 0) is 4.79 Å². The molecule has 0 unspecified atom stereocenters. The van der Waals surface area contributed by atoms with E-state index in [1.807, 2.05) is 20.8 Å². The second-order valence-electron chi connectivity index (χ2n) is 3.80. The SMILES string of the molecule is CC(C)(C)C(=O)Nc1ccncn1. The maximum Gasteiger partial charge on any atom is 0.230 e. The molecule has 1 aromatic rings. The van der Waals surface area contributed by atoms with Crippen molar-refractivity contribution >= 4 is 11.7 Å². The van der Waals surface area contributed by atoms with Gasteiger partial charge in [-0.05, 0) is 6.07 Å². The second-order valence-corrected chi connectivity index (χ2v) is 3.80. The third-order valence-electron chi connectivity index (χ3n) is 1.50. The first-order valence-electron chi connectivity index (χ1n) is 4.07. The molecule has 4 nitrogen and oxygen atoms in total. The summed E-state index contributed by atoms with van der Waals surface area (Å²) in [6.45, 7) is 5.55. The Kier molecular flexibility index (Phi) is 2.60. The third-order valence-corrected chi connectivity index (χ3v) is 1.50. The van der Waals surface area contributed by atoms with Crippen molar-refractivity contribution in [2.75, 3.05) is 5.32 Å². The van der Waals surface area contributed by atoms with Crippen LogP contribution in [-0.4, -0.2) is 15.9 Å². The van der Waals surface area contributed by atoms with Crippen molar-refractivity contribution in [2.24, 2.45) is 5.41 Å². The molecular formula is C9H13N3O. The van der Waals surface area contributed by atoms with Gasteiger partial charge in [0.25, 0.3) is 0 Å². The molecule has 0 aliphatic heterocycles. The fourth-order valence-corrected chi connectivity index (χ4v) is 0.668. The summed E-state index contributed by atoms with van der Waals surface area (Å²) in [4.78, 5) is 19.1. The van der Waals surface area contributed by atoms with Crippen molar-refractivity contribution in [3.05, 3.63) is 18.6 Å². The standard InChI is InChI=1S/C9H13N3O/c1-9(2,3)8(13)12-7-4-5-10-6-11-7/h4-6H,1-3H3,(H,10,11,12,13). The summed E-state index contributed by atoms with van der Waals surface area (Å²) in [6.07, 6.45) is 2.99. The fourth-order valence-electron chi connectivity index (χ4n) is 0.668. The van der Waals surface area contributed by atoms with Crippen molar-refractivity contribution < 1.29 is 4.79 Å². The van der Waals surface area contributed by atoms with E-state index in [0.717, 1.165) is 0 Å². The lowest BCUT2D eigenvalue weighted by Crippen LogP contribution is -2.27. The molecule has 0 aromatic carbocycles. The topological polar surface area (TPSA) is 54.9 Å². The number of hydrogen-bond donors (Lipinski definition) is 1. The third kappa shape index (κ3) is 2.82. The zero-order valence-corrected chi connectivity index (χ0v) is 8.03. The number of nitrogens with zero attached hydrogens (tertiary/aromatic N) is 2. The normalized spacial score (nSPS) is 11.0. The maximum atomic E-state index is 11.5. The summed E-state index contributed by atoms with van der Waals surface area (Å²) >= 11 is 0. The van der Waals surface area contributed by atoms with Gasteiger partial charge >= 0.3 is 0 Å². The second kappa shape index (κ2) is 3.51. The molecule has 70 valence electrons. The highest BCUT2D eigenvalue weighted by Gasteiger charge is 2.21. The van der Waals surface area contributed by atoms with Gasteiger partial charge in [0.15, 0.2) is 0 Å². The van der Waals surface area contributed by atoms with E-state index in [0.29, 0.717) is 5.82 Å². The molecule has 1 aromatic heterocycles. The fraction of sp³-hybridized carbons (Fsp3) is 0.444. The Morgan fingerprint density at radius 3 is 2.62 bits per heavy atom. The van der Waals surface area contributed by atoms with E-state index in [4.69, 9.17) is 0 Å². The minimum Gasteiger partial charge on any atom is -0.310 e. The maximum absolute atomic E-state index is 11.5. The molecular weight excluding hydrogens is 166 g/mol. The largest absolute Gasteiger partial charge is 0.310 e. The molecule has 0 radical (unpaired) electrons. The minimum atomic E-state index is -0.398. The minimum absolute atomic E-state index is 0.0498. The predicted octanol–water partition coefficient (Wildman–Crippen LogP) is 1.46. The van der Waals surface area contributed by atoms with Crippen molar-refractivity contribution in [1.82, 2.24) is 9.97 Å². The van der Waals surface area contributed by atoms with Crippen LogP contribution < -0.4 is 5.32 Å². The highest BCUT2D eigenvalue weighted by molar-refractivity contribution is 5.93. The number of aromatic nitrogens is 2. The quantitative estimate of drug-likeness (QED) is 0.710. The van der Waals surface area contributed by atoms with E-state index in [1.54, 1.807) is 12.3 Å². The van der Waals surface area contributed by atoms with Gasteiger partial charge in [-0.3, -0.25) is 4.79 Å². The summed E-state index contributed by atoms with van der Waals surface area (Å²) in [6, 6.07) is 1.66. The molecule has 0 saturated heterocycles. The molecule has 0 spiro atoms. The molecule has 0 aliphatic carbocycles. The van der Waals surface area contributed by atoms with Gasteiger partial charge in [0.2, 0.25) is 5.91 Å². The van der Waals surface area contributed by atoms with Crippen LogP contribution in [0.3, 0.4) is 0 Å². The highest BCUT2D eigenvalue weighted by Crippen LogP contribution is 2.15. The molecule has 1 rings (SSSR count). The van der Waals surface area contributed by atoms with Crippen LogP contribution >= 0.6 is 0 Å². The van der Waals surface area contributed by atoms with E-state index in [9.17, 15) is 4.79 Å². The predicted molar refractivity (Wildman–Crippen MR) is 50.1 cm³/mol. The van der Waals surface area contributed by atoms with E-state index < -0.39 is 5.41 Å². The molecule has 0 fully saturated rings. The van der Waals surface area contributed by atoms with Crippen molar-refractivity contribution in [2.45, 2.75) is 20.8 Å². The summed E-state index contributed by atoms with van der Waals surface area (Å²) in [5.41, 5.74) is -0.398. The van der Waals surface area contributed by atoms with Crippen LogP contribution in [0.2, 0.25) is 0 Å². The lowest BCUT2D eigenvalue weighted by atomic mass is 9.96. The molecule has 4 heteroatoms. The van der Waals surface area contributed by atoms with Gasteiger partial charge in [-0.1, -0.05) is 20.8 Å². The van der Waals surface area contributed by atoms with Gasteiger partial charge in [-0.15, -0.1) is 0 Å². The lowest BCUT2D eigenvalue weighted by molar-refractivity contribution is -0.123. The Morgan fingerprint density at radius 2 is 2.15 bits per heavy atom. The molecule has 0 saturated carbocycles. The molecule has 0 atom stereocenters. The zero-order chi connectivity index (χ0) is 9.90. The van der Waals surface area contributed by atoms with Crippen LogP contribution in [0.1, 0.15) is 20.8 Å². The number of rotatable bonds is 1. The van der Waals surface area contributed by atoms with E-state index >= 15 is 0 Å². The Morgan fingerprint density at radius 1 is 1.46 bits per heavy atom. The van der Waals surface area contributed by atoms with Gasteiger partial charge in [-0.2, -0.15) is 0 Å². The average Bonchev–Trinajstić information content (AvgIpc) is 2.04. The molecule has 1 N–H and O–H groups in total.